The van der Waals surface area contributed by atoms with Crippen LogP contribution in [0.2, 0.25) is 0 Å². The van der Waals surface area contributed by atoms with E-state index in [2.05, 4.69) is 36.5 Å². The zero-order valence-corrected chi connectivity index (χ0v) is 13.1. The number of aryl methyl sites for hydroxylation is 1. The van der Waals surface area contributed by atoms with Crippen LogP contribution < -0.4 is 10.6 Å². The molecule has 21 heavy (non-hydrogen) atoms. The minimum Gasteiger partial charge on any atom is -0.367 e. The second-order valence-corrected chi connectivity index (χ2v) is 5.98. The van der Waals surface area contributed by atoms with E-state index in [4.69, 9.17) is 0 Å². The van der Waals surface area contributed by atoms with Gasteiger partial charge in [-0.05, 0) is 44.0 Å². The third kappa shape index (κ3) is 3.78. The number of nitrogens with zero attached hydrogens (tertiary/aromatic N) is 2. The van der Waals surface area contributed by atoms with Gasteiger partial charge in [0, 0.05) is 22.3 Å². The Balaban J connectivity index is 1.76. The summed E-state index contributed by atoms with van der Waals surface area (Å²) in [6, 6.07) is 9.60. The van der Waals surface area contributed by atoms with E-state index in [0.717, 1.165) is 23.0 Å². The summed E-state index contributed by atoms with van der Waals surface area (Å²) in [6.45, 7) is 1.79. The lowest BCUT2D eigenvalue weighted by molar-refractivity contribution is 0.102. The molecular formula is C15H15BrN4O. The topological polar surface area (TPSA) is 66.9 Å². The summed E-state index contributed by atoms with van der Waals surface area (Å²) in [5, 5.41) is 6.12. The molecule has 1 amide bonds. The number of hydrogen-bond donors (Lipinski definition) is 2. The van der Waals surface area contributed by atoms with Crippen molar-refractivity contribution < 1.29 is 4.79 Å². The van der Waals surface area contributed by atoms with Crippen LogP contribution in [0.15, 0.2) is 34.8 Å². The van der Waals surface area contributed by atoms with Gasteiger partial charge in [0.15, 0.2) is 0 Å². The number of halogens is 1. The van der Waals surface area contributed by atoms with Gasteiger partial charge in [-0.2, -0.15) is 0 Å². The monoisotopic (exact) mass is 346 g/mol. The summed E-state index contributed by atoms with van der Waals surface area (Å²) in [6.07, 6.45) is 2.31. The molecule has 1 heterocycles. The van der Waals surface area contributed by atoms with Gasteiger partial charge in [-0.25, -0.2) is 9.97 Å². The minimum atomic E-state index is -0.235. The van der Waals surface area contributed by atoms with Gasteiger partial charge in [-0.1, -0.05) is 15.9 Å². The van der Waals surface area contributed by atoms with Crippen LogP contribution in [0.4, 0.5) is 11.5 Å². The Bertz CT molecular complexity index is 668. The van der Waals surface area contributed by atoms with E-state index in [1.807, 2.05) is 24.3 Å². The highest BCUT2D eigenvalue weighted by molar-refractivity contribution is 9.10. The number of amides is 1. The lowest BCUT2D eigenvalue weighted by Gasteiger charge is -2.08. The van der Waals surface area contributed by atoms with Gasteiger partial charge in [0.2, 0.25) is 0 Å². The van der Waals surface area contributed by atoms with Gasteiger partial charge in [0.25, 0.3) is 5.91 Å². The third-order valence-electron chi connectivity index (χ3n) is 3.10. The highest BCUT2D eigenvalue weighted by Gasteiger charge is 2.22. The molecule has 1 saturated carbocycles. The van der Waals surface area contributed by atoms with E-state index in [-0.39, 0.29) is 5.91 Å². The predicted molar refractivity (Wildman–Crippen MR) is 85.5 cm³/mol. The molecule has 1 aliphatic rings. The molecule has 0 aliphatic heterocycles. The average molecular weight is 347 g/mol. The molecule has 0 bridgehead atoms. The van der Waals surface area contributed by atoms with Gasteiger partial charge >= 0.3 is 0 Å². The Kier molecular flexibility index (Phi) is 3.88. The van der Waals surface area contributed by atoms with Crippen LogP contribution in [0.3, 0.4) is 0 Å². The lowest BCUT2D eigenvalue weighted by atomic mass is 10.3. The number of nitrogens with one attached hydrogen (secondary N) is 2. The summed E-state index contributed by atoms with van der Waals surface area (Å²) in [7, 11) is 0. The van der Waals surface area contributed by atoms with Crippen molar-refractivity contribution in [1.82, 2.24) is 9.97 Å². The number of hydrogen-bond acceptors (Lipinski definition) is 4. The maximum atomic E-state index is 12.3. The van der Waals surface area contributed by atoms with E-state index in [1.54, 1.807) is 13.0 Å². The van der Waals surface area contributed by atoms with Crippen molar-refractivity contribution in [3.63, 3.8) is 0 Å². The molecule has 1 aromatic carbocycles. The molecule has 1 aromatic heterocycles. The molecule has 5 nitrogen and oxygen atoms in total. The number of carbonyl (C=O) groups excluding carboxylic acids is 1. The predicted octanol–water partition coefficient (Wildman–Crippen LogP) is 3.37. The number of aromatic nitrogens is 2. The van der Waals surface area contributed by atoms with Crippen LogP contribution in [0.5, 0.6) is 0 Å². The van der Waals surface area contributed by atoms with Crippen molar-refractivity contribution in [2.75, 3.05) is 10.6 Å². The van der Waals surface area contributed by atoms with Gasteiger partial charge in [-0.3, -0.25) is 4.79 Å². The first-order valence-corrected chi connectivity index (χ1v) is 7.58. The number of anilines is 2. The highest BCUT2D eigenvalue weighted by atomic mass is 79.9. The first kappa shape index (κ1) is 14.0. The molecule has 6 heteroatoms. The quantitative estimate of drug-likeness (QED) is 0.890. The summed E-state index contributed by atoms with van der Waals surface area (Å²) >= 11 is 3.36. The molecule has 2 aromatic rings. The number of carbonyl (C=O) groups is 1. The molecule has 0 saturated heterocycles. The fourth-order valence-corrected chi connectivity index (χ4v) is 2.19. The number of rotatable bonds is 4. The van der Waals surface area contributed by atoms with Gasteiger partial charge in [0.1, 0.15) is 17.3 Å². The van der Waals surface area contributed by atoms with Crippen LogP contribution in [0, 0.1) is 6.92 Å². The van der Waals surface area contributed by atoms with Crippen molar-refractivity contribution in [2.45, 2.75) is 25.8 Å². The molecule has 0 unspecified atom stereocenters. The van der Waals surface area contributed by atoms with Crippen molar-refractivity contribution in [3.05, 3.63) is 46.3 Å². The van der Waals surface area contributed by atoms with Crippen LogP contribution in [0.25, 0.3) is 0 Å². The van der Waals surface area contributed by atoms with E-state index in [0.29, 0.717) is 23.4 Å². The first-order chi connectivity index (χ1) is 10.1. The Hall–Kier alpha value is -1.95. The molecule has 0 radical (unpaired) electrons. The fourth-order valence-electron chi connectivity index (χ4n) is 1.92. The Morgan fingerprint density at radius 2 is 1.95 bits per heavy atom. The van der Waals surface area contributed by atoms with E-state index < -0.39 is 0 Å². The van der Waals surface area contributed by atoms with Crippen LogP contribution in [-0.2, 0) is 0 Å². The van der Waals surface area contributed by atoms with E-state index in [9.17, 15) is 4.79 Å². The Labute approximate surface area is 131 Å². The van der Waals surface area contributed by atoms with Crippen LogP contribution >= 0.6 is 15.9 Å². The van der Waals surface area contributed by atoms with Crippen molar-refractivity contribution in [3.8, 4) is 0 Å². The Morgan fingerprint density at radius 3 is 2.62 bits per heavy atom. The molecule has 3 rings (SSSR count). The highest BCUT2D eigenvalue weighted by Crippen LogP contribution is 2.24. The fraction of sp³-hybridized carbons (Fsp3) is 0.267. The second kappa shape index (κ2) is 5.81. The molecule has 108 valence electrons. The van der Waals surface area contributed by atoms with Crippen LogP contribution in [0.1, 0.15) is 29.2 Å². The molecule has 1 aliphatic carbocycles. The summed E-state index contributed by atoms with van der Waals surface area (Å²) < 4.78 is 0.967. The first-order valence-electron chi connectivity index (χ1n) is 6.79. The minimum absolute atomic E-state index is 0.235. The van der Waals surface area contributed by atoms with Crippen molar-refractivity contribution in [2.24, 2.45) is 0 Å². The SMILES string of the molecule is Cc1nc(NC2CC2)cc(C(=O)Nc2ccc(Br)cc2)n1. The molecule has 0 spiro atoms. The molecule has 2 N–H and O–H groups in total. The average Bonchev–Trinajstić information content (AvgIpc) is 3.24. The maximum Gasteiger partial charge on any atom is 0.274 e. The van der Waals surface area contributed by atoms with Gasteiger partial charge < -0.3 is 10.6 Å². The largest absolute Gasteiger partial charge is 0.367 e. The Morgan fingerprint density at radius 1 is 1.24 bits per heavy atom. The smallest absolute Gasteiger partial charge is 0.274 e. The summed E-state index contributed by atoms with van der Waals surface area (Å²) in [5.74, 6) is 1.06. The van der Waals surface area contributed by atoms with Crippen LogP contribution in [-0.4, -0.2) is 21.9 Å². The normalized spacial score (nSPS) is 13.8. The van der Waals surface area contributed by atoms with E-state index >= 15 is 0 Å². The summed E-state index contributed by atoms with van der Waals surface area (Å²) in [4.78, 5) is 20.8. The molecule has 0 atom stereocenters. The zero-order chi connectivity index (χ0) is 14.8. The molecular weight excluding hydrogens is 332 g/mol. The van der Waals surface area contributed by atoms with Crippen molar-refractivity contribution in [1.29, 1.82) is 0 Å². The van der Waals surface area contributed by atoms with Crippen molar-refractivity contribution >= 4 is 33.3 Å². The van der Waals surface area contributed by atoms with Gasteiger partial charge in [0.05, 0.1) is 0 Å². The van der Waals surface area contributed by atoms with Gasteiger partial charge in [-0.15, -0.1) is 0 Å². The molecule has 1 fully saturated rings. The third-order valence-corrected chi connectivity index (χ3v) is 3.63. The number of benzene rings is 1. The zero-order valence-electron chi connectivity index (χ0n) is 11.6. The standard InChI is InChI=1S/C15H15BrN4O/c1-9-17-13(8-14(18-9)19-11-6-7-11)15(21)20-12-4-2-10(16)3-5-12/h2-5,8,11H,6-7H2,1H3,(H,20,21)(H,17,18,19). The maximum absolute atomic E-state index is 12.3. The lowest BCUT2D eigenvalue weighted by Crippen LogP contribution is -2.16. The second-order valence-electron chi connectivity index (χ2n) is 5.07. The van der Waals surface area contributed by atoms with E-state index in [1.165, 1.54) is 0 Å². The summed E-state index contributed by atoms with van der Waals surface area (Å²) in [5.41, 5.74) is 1.10.